The number of carbonyl (C=O) groups is 1. The van der Waals surface area contributed by atoms with Gasteiger partial charge in [-0.1, -0.05) is 30.7 Å². The Bertz CT molecular complexity index is 403. The lowest BCUT2D eigenvalue weighted by Gasteiger charge is -2.32. The van der Waals surface area contributed by atoms with Gasteiger partial charge in [0.15, 0.2) is 0 Å². The smallest absolute Gasteiger partial charge is 0.305 e. The number of esters is 1. The average Bonchev–Trinajstić information content (AvgIpc) is 2.33. The molecule has 0 spiro atoms. The zero-order valence-electron chi connectivity index (χ0n) is 11.4. The van der Waals surface area contributed by atoms with E-state index in [0.717, 1.165) is 6.42 Å². The first-order chi connectivity index (χ1) is 8.53. The molecular formula is C15H21NO2. The number of allylic oxidation sites excluding steroid dienone is 4. The third-order valence-corrected chi connectivity index (χ3v) is 3.44. The van der Waals surface area contributed by atoms with Gasteiger partial charge in [0.05, 0.1) is 18.1 Å². The SMILES string of the molecule is CCCC(=O)OCCC1C(C)=CC=CC1(C)C#N. The summed E-state index contributed by atoms with van der Waals surface area (Å²) in [5.41, 5.74) is 0.684. The molecule has 1 rings (SSSR count). The second-order valence-corrected chi connectivity index (χ2v) is 4.98. The average molecular weight is 247 g/mol. The minimum atomic E-state index is -0.490. The maximum atomic E-state index is 11.3. The summed E-state index contributed by atoms with van der Waals surface area (Å²) in [5, 5.41) is 9.29. The monoisotopic (exact) mass is 247 g/mol. The van der Waals surface area contributed by atoms with Crippen LogP contribution in [0.3, 0.4) is 0 Å². The zero-order valence-corrected chi connectivity index (χ0v) is 11.4. The fourth-order valence-corrected chi connectivity index (χ4v) is 2.31. The number of nitriles is 1. The zero-order chi connectivity index (χ0) is 13.6. The molecule has 0 bridgehead atoms. The molecule has 2 unspecified atom stereocenters. The molecule has 3 nitrogen and oxygen atoms in total. The van der Waals surface area contributed by atoms with E-state index in [4.69, 9.17) is 4.74 Å². The molecule has 0 fully saturated rings. The standard InChI is InChI=1S/C15H21NO2/c1-4-6-14(17)18-10-8-13-12(2)7-5-9-15(13,3)11-16/h5,7,9,13H,4,6,8,10H2,1-3H3. The molecule has 0 radical (unpaired) electrons. The Morgan fingerprint density at radius 1 is 1.61 bits per heavy atom. The van der Waals surface area contributed by atoms with Gasteiger partial charge in [0, 0.05) is 12.3 Å². The first kappa shape index (κ1) is 14.5. The van der Waals surface area contributed by atoms with E-state index in [9.17, 15) is 10.1 Å². The van der Waals surface area contributed by atoms with Gasteiger partial charge < -0.3 is 4.74 Å². The van der Waals surface area contributed by atoms with Crippen LogP contribution in [0.4, 0.5) is 0 Å². The predicted octanol–water partition coefficient (Wildman–Crippen LogP) is 3.38. The summed E-state index contributed by atoms with van der Waals surface area (Å²) in [5.74, 6) is -0.0222. The Morgan fingerprint density at radius 3 is 2.94 bits per heavy atom. The third kappa shape index (κ3) is 3.46. The van der Waals surface area contributed by atoms with Crippen molar-refractivity contribution in [2.24, 2.45) is 11.3 Å². The maximum absolute atomic E-state index is 11.3. The highest BCUT2D eigenvalue weighted by molar-refractivity contribution is 5.69. The van der Waals surface area contributed by atoms with Gasteiger partial charge in [0.25, 0.3) is 0 Å². The molecule has 0 saturated carbocycles. The van der Waals surface area contributed by atoms with Crippen LogP contribution in [0.5, 0.6) is 0 Å². The van der Waals surface area contributed by atoms with Crippen molar-refractivity contribution in [2.75, 3.05) is 6.61 Å². The first-order valence-corrected chi connectivity index (χ1v) is 6.46. The maximum Gasteiger partial charge on any atom is 0.305 e. The van der Waals surface area contributed by atoms with Crippen LogP contribution in [0.15, 0.2) is 23.8 Å². The number of hydrogen-bond acceptors (Lipinski definition) is 3. The second-order valence-electron chi connectivity index (χ2n) is 4.98. The lowest BCUT2D eigenvalue weighted by atomic mass is 9.70. The summed E-state index contributed by atoms with van der Waals surface area (Å²) in [6.45, 7) is 6.29. The third-order valence-electron chi connectivity index (χ3n) is 3.44. The van der Waals surface area contributed by atoms with E-state index >= 15 is 0 Å². The summed E-state index contributed by atoms with van der Waals surface area (Å²) >= 11 is 0. The van der Waals surface area contributed by atoms with Crippen LogP contribution >= 0.6 is 0 Å². The molecule has 0 aromatic carbocycles. The van der Waals surface area contributed by atoms with Crippen molar-refractivity contribution >= 4 is 5.97 Å². The summed E-state index contributed by atoms with van der Waals surface area (Å²) in [6.07, 6.45) is 7.86. The van der Waals surface area contributed by atoms with Gasteiger partial charge in [-0.2, -0.15) is 5.26 Å². The van der Waals surface area contributed by atoms with Crippen LogP contribution in [-0.2, 0) is 9.53 Å². The number of carbonyl (C=O) groups excluding carboxylic acids is 1. The topological polar surface area (TPSA) is 50.1 Å². The molecule has 0 saturated heterocycles. The van der Waals surface area contributed by atoms with Crippen LogP contribution in [0.1, 0.15) is 40.0 Å². The van der Waals surface area contributed by atoms with E-state index in [-0.39, 0.29) is 11.9 Å². The lowest BCUT2D eigenvalue weighted by molar-refractivity contribution is -0.144. The van der Waals surface area contributed by atoms with Gasteiger partial charge >= 0.3 is 5.97 Å². The summed E-state index contributed by atoms with van der Waals surface area (Å²) in [4.78, 5) is 11.3. The van der Waals surface area contributed by atoms with Crippen molar-refractivity contribution in [3.8, 4) is 6.07 Å². The Labute approximate surface area is 109 Å². The van der Waals surface area contributed by atoms with Crippen molar-refractivity contribution in [3.05, 3.63) is 23.8 Å². The van der Waals surface area contributed by atoms with Gasteiger partial charge in [0.1, 0.15) is 0 Å². The highest BCUT2D eigenvalue weighted by atomic mass is 16.5. The van der Waals surface area contributed by atoms with Crippen molar-refractivity contribution < 1.29 is 9.53 Å². The van der Waals surface area contributed by atoms with E-state index in [0.29, 0.717) is 19.4 Å². The highest BCUT2D eigenvalue weighted by Crippen LogP contribution is 2.38. The van der Waals surface area contributed by atoms with Gasteiger partial charge in [0.2, 0.25) is 0 Å². The van der Waals surface area contributed by atoms with Gasteiger partial charge in [-0.05, 0) is 26.7 Å². The highest BCUT2D eigenvalue weighted by Gasteiger charge is 2.34. The van der Waals surface area contributed by atoms with Crippen molar-refractivity contribution in [3.63, 3.8) is 0 Å². The molecule has 2 atom stereocenters. The molecule has 0 aliphatic heterocycles. The van der Waals surface area contributed by atoms with E-state index in [1.54, 1.807) is 0 Å². The van der Waals surface area contributed by atoms with E-state index < -0.39 is 5.41 Å². The Balaban J connectivity index is 2.55. The first-order valence-electron chi connectivity index (χ1n) is 6.46. The van der Waals surface area contributed by atoms with Crippen molar-refractivity contribution in [2.45, 2.75) is 40.0 Å². The van der Waals surface area contributed by atoms with Crippen molar-refractivity contribution in [1.82, 2.24) is 0 Å². The molecule has 18 heavy (non-hydrogen) atoms. The lowest BCUT2D eigenvalue weighted by Crippen LogP contribution is -2.28. The molecule has 1 aliphatic carbocycles. The molecule has 98 valence electrons. The Morgan fingerprint density at radius 2 is 2.33 bits per heavy atom. The normalized spacial score (nSPS) is 26.3. The van der Waals surface area contributed by atoms with E-state index in [2.05, 4.69) is 6.07 Å². The number of rotatable bonds is 5. The van der Waals surface area contributed by atoms with E-state index in [1.165, 1.54) is 5.57 Å². The summed E-state index contributed by atoms with van der Waals surface area (Å²) in [6, 6.07) is 2.36. The summed E-state index contributed by atoms with van der Waals surface area (Å²) in [7, 11) is 0. The number of nitrogens with zero attached hydrogens (tertiary/aromatic N) is 1. The van der Waals surface area contributed by atoms with Crippen LogP contribution in [0, 0.1) is 22.7 Å². The van der Waals surface area contributed by atoms with Gasteiger partial charge in [-0.25, -0.2) is 0 Å². The fourth-order valence-electron chi connectivity index (χ4n) is 2.31. The fraction of sp³-hybridized carbons (Fsp3) is 0.600. The Kier molecular flexibility index (Phi) is 5.15. The second kappa shape index (κ2) is 6.39. The minimum Gasteiger partial charge on any atom is -0.466 e. The van der Waals surface area contributed by atoms with E-state index in [1.807, 2.05) is 39.0 Å². The number of ether oxygens (including phenoxy) is 1. The van der Waals surface area contributed by atoms with Crippen molar-refractivity contribution in [1.29, 1.82) is 5.26 Å². The van der Waals surface area contributed by atoms with Crippen LogP contribution in [-0.4, -0.2) is 12.6 Å². The molecule has 1 aliphatic rings. The van der Waals surface area contributed by atoms with Crippen LogP contribution in [0.25, 0.3) is 0 Å². The van der Waals surface area contributed by atoms with Crippen LogP contribution in [0.2, 0.25) is 0 Å². The predicted molar refractivity (Wildman–Crippen MR) is 70.6 cm³/mol. The molecule has 3 heteroatoms. The quantitative estimate of drug-likeness (QED) is 0.700. The molecule has 0 aromatic rings. The molecule has 0 amide bonds. The minimum absolute atomic E-state index is 0.127. The molecule has 0 heterocycles. The Hall–Kier alpha value is -1.56. The largest absolute Gasteiger partial charge is 0.466 e. The molecule has 0 N–H and O–H groups in total. The molecular weight excluding hydrogens is 226 g/mol. The molecule has 0 aromatic heterocycles. The van der Waals surface area contributed by atoms with Gasteiger partial charge in [-0.15, -0.1) is 0 Å². The van der Waals surface area contributed by atoms with Gasteiger partial charge in [-0.3, -0.25) is 4.79 Å². The number of hydrogen-bond donors (Lipinski definition) is 0. The van der Waals surface area contributed by atoms with Crippen LogP contribution < -0.4 is 0 Å². The summed E-state index contributed by atoms with van der Waals surface area (Å²) < 4.78 is 5.17.